The van der Waals surface area contributed by atoms with E-state index < -0.39 is 0 Å². The number of carbonyl (C=O) groups excluding carboxylic acids is 1. The van der Waals surface area contributed by atoms with Gasteiger partial charge in [0.2, 0.25) is 12.7 Å². The van der Waals surface area contributed by atoms with E-state index in [0.29, 0.717) is 41.5 Å². The monoisotopic (exact) mass is 474 g/mol. The van der Waals surface area contributed by atoms with Crippen molar-refractivity contribution in [3.8, 4) is 34.3 Å². The first-order valence-corrected chi connectivity index (χ1v) is 11.2. The molecule has 0 spiro atoms. The van der Waals surface area contributed by atoms with E-state index in [1.165, 1.54) is 0 Å². The van der Waals surface area contributed by atoms with Crippen molar-refractivity contribution >= 4 is 17.2 Å². The summed E-state index contributed by atoms with van der Waals surface area (Å²) in [6.45, 7) is 4.15. The van der Waals surface area contributed by atoms with Gasteiger partial charge < -0.3 is 24.3 Å². The van der Waals surface area contributed by atoms with Gasteiger partial charge in [-0.05, 0) is 50.1 Å². The molecule has 0 saturated heterocycles. The van der Waals surface area contributed by atoms with Crippen LogP contribution >= 0.6 is 0 Å². The van der Waals surface area contributed by atoms with Crippen LogP contribution in [0.5, 0.6) is 23.0 Å². The van der Waals surface area contributed by atoms with Crippen LogP contribution in [0.1, 0.15) is 23.4 Å². The number of carbonyl (C=O) groups is 1. The molecule has 0 saturated carbocycles. The molecule has 2 aromatic carbocycles. The quantitative estimate of drug-likeness (QED) is 0.426. The van der Waals surface area contributed by atoms with Gasteiger partial charge in [-0.3, -0.25) is 4.79 Å². The minimum absolute atomic E-state index is 0.0908. The molecule has 0 fully saturated rings. The number of anilines is 1. The lowest BCUT2D eigenvalue weighted by Gasteiger charge is -2.11. The second-order valence-corrected chi connectivity index (χ2v) is 8.24. The first-order chi connectivity index (χ1) is 17.0. The number of benzene rings is 2. The Labute approximate surface area is 202 Å². The number of methoxy groups -OCH3 is 2. The van der Waals surface area contributed by atoms with E-state index in [-0.39, 0.29) is 12.7 Å². The summed E-state index contributed by atoms with van der Waals surface area (Å²) in [6.07, 6.45) is 0.849. The highest BCUT2D eigenvalue weighted by Crippen LogP contribution is 2.35. The summed E-state index contributed by atoms with van der Waals surface area (Å²) in [5.41, 5.74) is 5.82. The number of aryl methyl sites for hydroxylation is 2. The second-order valence-electron chi connectivity index (χ2n) is 8.24. The van der Waals surface area contributed by atoms with E-state index in [0.717, 1.165) is 33.9 Å². The van der Waals surface area contributed by atoms with E-state index >= 15 is 0 Å². The maximum absolute atomic E-state index is 12.6. The number of nitrogens with zero attached hydrogens (tertiary/aromatic N) is 3. The molecule has 4 aromatic rings. The fourth-order valence-corrected chi connectivity index (χ4v) is 4.27. The largest absolute Gasteiger partial charge is 0.497 e. The van der Waals surface area contributed by atoms with E-state index in [2.05, 4.69) is 5.32 Å². The zero-order valence-electron chi connectivity index (χ0n) is 20.0. The third kappa shape index (κ3) is 4.32. The number of nitrogens with one attached hydrogen (secondary N) is 1. The standard InChI is InChI=1S/C26H26N4O5/c1-15-19(8-10-26(31)28-17-5-9-22-24(11-17)35-14-34-22)16(2)30-25(27-15)13-21(29-30)20-7-6-18(32-3)12-23(20)33-4/h5-7,9,11-13H,8,10,14H2,1-4H3,(H,28,31). The Morgan fingerprint density at radius 1 is 1.06 bits per heavy atom. The average Bonchev–Trinajstić information content (AvgIpc) is 3.50. The minimum Gasteiger partial charge on any atom is -0.497 e. The van der Waals surface area contributed by atoms with Gasteiger partial charge in [-0.1, -0.05) is 0 Å². The lowest BCUT2D eigenvalue weighted by Crippen LogP contribution is -2.14. The summed E-state index contributed by atoms with van der Waals surface area (Å²) >= 11 is 0. The highest BCUT2D eigenvalue weighted by molar-refractivity contribution is 5.91. The van der Waals surface area contributed by atoms with Gasteiger partial charge in [0.05, 0.1) is 19.9 Å². The molecule has 35 heavy (non-hydrogen) atoms. The van der Waals surface area contributed by atoms with Crippen LogP contribution in [-0.2, 0) is 11.2 Å². The molecule has 0 bridgehead atoms. The highest BCUT2D eigenvalue weighted by atomic mass is 16.7. The Kier molecular flexibility index (Phi) is 5.90. The molecule has 9 heteroatoms. The predicted octanol–water partition coefficient (Wildman–Crippen LogP) is 4.33. The maximum Gasteiger partial charge on any atom is 0.231 e. The van der Waals surface area contributed by atoms with Gasteiger partial charge in [-0.25, -0.2) is 9.50 Å². The Morgan fingerprint density at radius 2 is 1.89 bits per heavy atom. The number of hydrogen-bond donors (Lipinski definition) is 1. The molecule has 1 N–H and O–H groups in total. The summed E-state index contributed by atoms with van der Waals surface area (Å²) < 4.78 is 23.4. The molecular formula is C26H26N4O5. The molecule has 9 nitrogen and oxygen atoms in total. The molecule has 0 atom stereocenters. The summed E-state index contributed by atoms with van der Waals surface area (Å²) in [4.78, 5) is 17.4. The number of aromatic nitrogens is 3. The Bertz CT molecular complexity index is 1430. The van der Waals surface area contributed by atoms with Gasteiger partial charge in [0.1, 0.15) is 11.5 Å². The predicted molar refractivity (Wildman–Crippen MR) is 131 cm³/mol. The molecule has 180 valence electrons. The number of fused-ring (bicyclic) bond motifs is 2. The van der Waals surface area contributed by atoms with Crippen molar-refractivity contribution in [1.82, 2.24) is 14.6 Å². The van der Waals surface area contributed by atoms with Crippen molar-refractivity contribution in [2.75, 3.05) is 26.3 Å². The van der Waals surface area contributed by atoms with Crippen molar-refractivity contribution in [2.24, 2.45) is 0 Å². The first kappa shape index (κ1) is 22.5. The van der Waals surface area contributed by atoms with Crippen molar-refractivity contribution in [3.63, 3.8) is 0 Å². The molecule has 5 rings (SSSR count). The highest BCUT2D eigenvalue weighted by Gasteiger charge is 2.18. The van der Waals surface area contributed by atoms with Crippen LogP contribution in [0.2, 0.25) is 0 Å². The SMILES string of the molecule is COc1ccc(-c2cc3nc(C)c(CCC(=O)Nc4ccc5c(c4)OCO5)c(C)n3n2)c(OC)c1. The normalized spacial score (nSPS) is 12.1. The van der Waals surface area contributed by atoms with Crippen LogP contribution in [0.4, 0.5) is 5.69 Å². The summed E-state index contributed by atoms with van der Waals surface area (Å²) in [5, 5.41) is 7.71. The van der Waals surface area contributed by atoms with Gasteiger partial charge in [-0.15, -0.1) is 0 Å². The lowest BCUT2D eigenvalue weighted by atomic mass is 10.1. The third-order valence-electron chi connectivity index (χ3n) is 6.11. The van der Waals surface area contributed by atoms with Crippen molar-refractivity contribution in [3.05, 3.63) is 59.4 Å². The summed E-state index contributed by atoms with van der Waals surface area (Å²) in [5.74, 6) is 2.60. The van der Waals surface area contributed by atoms with Crippen molar-refractivity contribution in [2.45, 2.75) is 26.7 Å². The number of ether oxygens (including phenoxy) is 4. The summed E-state index contributed by atoms with van der Waals surface area (Å²) in [6, 6.07) is 12.9. The van der Waals surface area contributed by atoms with Crippen LogP contribution < -0.4 is 24.3 Å². The molecule has 0 aliphatic carbocycles. The van der Waals surface area contributed by atoms with Crippen LogP contribution in [0.3, 0.4) is 0 Å². The molecule has 1 amide bonds. The smallest absolute Gasteiger partial charge is 0.231 e. The molecule has 2 aromatic heterocycles. The Hall–Kier alpha value is -4.27. The molecule has 1 aliphatic heterocycles. The number of amides is 1. The zero-order chi connectivity index (χ0) is 24.5. The zero-order valence-corrected chi connectivity index (χ0v) is 20.0. The average molecular weight is 475 g/mol. The molecule has 0 radical (unpaired) electrons. The fourth-order valence-electron chi connectivity index (χ4n) is 4.27. The van der Waals surface area contributed by atoms with E-state index in [4.69, 9.17) is 29.0 Å². The van der Waals surface area contributed by atoms with Gasteiger partial charge in [0, 0.05) is 47.3 Å². The van der Waals surface area contributed by atoms with Crippen LogP contribution in [0, 0.1) is 13.8 Å². The molecule has 0 unspecified atom stereocenters. The van der Waals surface area contributed by atoms with E-state index in [1.54, 1.807) is 32.4 Å². The van der Waals surface area contributed by atoms with Gasteiger partial charge in [0.25, 0.3) is 0 Å². The van der Waals surface area contributed by atoms with E-state index in [1.807, 2.05) is 42.6 Å². The van der Waals surface area contributed by atoms with Gasteiger partial charge >= 0.3 is 0 Å². The third-order valence-corrected chi connectivity index (χ3v) is 6.11. The van der Waals surface area contributed by atoms with Crippen LogP contribution in [0.15, 0.2) is 42.5 Å². The molecular weight excluding hydrogens is 448 g/mol. The van der Waals surface area contributed by atoms with Crippen molar-refractivity contribution in [1.29, 1.82) is 0 Å². The van der Waals surface area contributed by atoms with E-state index in [9.17, 15) is 4.79 Å². The van der Waals surface area contributed by atoms with Crippen LogP contribution in [-0.4, -0.2) is 41.5 Å². The van der Waals surface area contributed by atoms with Crippen LogP contribution in [0.25, 0.3) is 16.9 Å². The molecule has 1 aliphatic rings. The number of rotatable bonds is 7. The second kappa shape index (κ2) is 9.17. The molecule has 3 heterocycles. The summed E-state index contributed by atoms with van der Waals surface area (Å²) in [7, 11) is 3.24. The lowest BCUT2D eigenvalue weighted by molar-refractivity contribution is -0.116. The first-order valence-electron chi connectivity index (χ1n) is 11.2. The van der Waals surface area contributed by atoms with Gasteiger partial charge in [0.15, 0.2) is 17.1 Å². The Balaban J connectivity index is 1.36. The van der Waals surface area contributed by atoms with Crippen molar-refractivity contribution < 1.29 is 23.7 Å². The fraction of sp³-hybridized carbons (Fsp3) is 0.269. The minimum atomic E-state index is -0.0908. The Morgan fingerprint density at radius 3 is 2.69 bits per heavy atom. The maximum atomic E-state index is 12.6. The topological polar surface area (TPSA) is 96.2 Å². The van der Waals surface area contributed by atoms with Gasteiger partial charge in [-0.2, -0.15) is 5.10 Å². The number of hydrogen-bond acceptors (Lipinski definition) is 7.